The normalized spacial score (nSPS) is 12.0. The number of ether oxygens (including phenoxy) is 4. The number of carbonyl (C=O) groups excluding carboxylic acids is 2. The summed E-state index contributed by atoms with van der Waals surface area (Å²) >= 11 is 0. The van der Waals surface area contributed by atoms with Gasteiger partial charge in [-0.2, -0.15) is 18.3 Å². The molecule has 0 fully saturated rings. The summed E-state index contributed by atoms with van der Waals surface area (Å²) in [6, 6.07) is 25.0. The van der Waals surface area contributed by atoms with E-state index < -0.39 is 29.8 Å². The second-order valence-electron chi connectivity index (χ2n) is 9.44. The van der Waals surface area contributed by atoms with Gasteiger partial charge in [0.2, 0.25) is 0 Å². The Balaban J connectivity index is 1.72. The number of nitrogens with two attached hydrogens (primary N) is 1. The van der Waals surface area contributed by atoms with Crippen LogP contribution >= 0.6 is 0 Å². The number of hydrazine groups is 1. The van der Waals surface area contributed by atoms with Crippen molar-refractivity contribution in [2.75, 3.05) is 19.6 Å². The van der Waals surface area contributed by atoms with Crippen LogP contribution in [0.5, 0.6) is 23.0 Å². The number of anilines is 1. The summed E-state index contributed by atoms with van der Waals surface area (Å²) in [6.07, 6.45) is -5.24. The van der Waals surface area contributed by atoms with E-state index in [2.05, 4.69) is 26.1 Å². The Kier molecular flexibility index (Phi) is 10.9. The molecule has 0 aliphatic rings. The van der Waals surface area contributed by atoms with Crippen LogP contribution in [-0.4, -0.2) is 38.1 Å². The second-order valence-corrected chi connectivity index (χ2v) is 9.44. The van der Waals surface area contributed by atoms with Gasteiger partial charge in [-0.15, -0.1) is 0 Å². The quantitative estimate of drug-likeness (QED) is 0.0532. The average Bonchev–Trinajstić information content (AvgIpc) is 3.07. The molecule has 4 aromatic carbocycles. The molecule has 0 heterocycles. The summed E-state index contributed by atoms with van der Waals surface area (Å²) < 4.78 is 60.2. The molecular weight excluding hydrogens is 607 g/mol. The van der Waals surface area contributed by atoms with E-state index in [0.717, 1.165) is 11.6 Å². The molecule has 11 nitrogen and oxygen atoms in total. The number of hydrogen-bond acceptors (Lipinski definition) is 9. The summed E-state index contributed by atoms with van der Waals surface area (Å²) in [6.45, 7) is 0.128. The number of nitrogens with zero attached hydrogens (tertiary/aromatic N) is 1. The Morgan fingerprint density at radius 1 is 0.826 bits per heavy atom. The number of carbonyl (C=O) groups is 2. The fraction of sp³-hybridized carbons (Fsp3) is 0.156. The SMILES string of the molecule is COc1cc(OCc2ccccc2)c(C(N/N=C(\N)c2ccccc2OC(=O)C(F)(F)F)C(=O)NNc2ccccc2)cc1OC. The molecule has 0 bridgehead atoms. The summed E-state index contributed by atoms with van der Waals surface area (Å²) in [5.41, 5.74) is 15.7. The van der Waals surface area contributed by atoms with Gasteiger partial charge in [-0.05, 0) is 35.9 Å². The minimum atomic E-state index is -5.24. The highest BCUT2D eigenvalue weighted by molar-refractivity contribution is 6.00. The van der Waals surface area contributed by atoms with Crippen molar-refractivity contribution in [1.82, 2.24) is 10.9 Å². The van der Waals surface area contributed by atoms with Gasteiger partial charge in [-0.1, -0.05) is 60.7 Å². The van der Waals surface area contributed by atoms with Gasteiger partial charge in [0, 0.05) is 11.6 Å². The zero-order valence-electron chi connectivity index (χ0n) is 24.6. The zero-order chi connectivity index (χ0) is 33.1. The van der Waals surface area contributed by atoms with Gasteiger partial charge in [0.25, 0.3) is 5.91 Å². The standard InChI is InChI=1S/C32H30F3N5O6/c1-43-26-17-23(25(18-27(26)44-2)45-19-20-11-5-3-6-12-20)28(30(41)40-37-21-13-7-4-8-14-21)38-39-29(36)22-15-9-10-16-24(22)46-31(42)32(33,34)35/h3-18,28,37-38H,19H2,1-2H3,(H2,36,39)(H,40,41). The van der Waals surface area contributed by atoms with Crippen molar-refractivity contribution in [3.8, 4) is 23.0 Å². The number of hydrogen-bond donors (Lipinski definition) is 4. The number of hydrazone groups is 1. The van der Waals surface area contributed by atoms with Gasteiger partial charge < -0.3 is 24.7 Å². The number of para-hydroxylation sites is 2. The monoisotopic (exact) mass is 637 g/mol. The number of alkyl halides is 3. The molecule has 0 saturated heterocycles. The smallest absolute Gasteiger partial charge is 0.491 e. The Morgan fingerprint density at radius 2 is 1.43 bits per heavy atom. The molecule has 0 aromatic heterocycles. The number of amides is 1. The number of benzene rings is 4. The van der Waals surface area contributed by atoms with Crippen LogP contribution in [0.15, 0.2) is 102 Å². The van der Waals surface area contributed by atoms with Crippen molar-refractivity contribution in [3.05, 3.63) is 114 Å². The molecule has 1 atom stereocenters. The van der Waals surface area contributed by atoms with Crippen molar-refractivity contribution in [2.24, 2.45) is 10.8 Å². The van der Waals surface area contributed by atoms with Gasteiger partial charge in [-0.25, -0.2) is 4.79 Å². The number of methoxy groups -OCH3 is 2. The topological polar surface area (TPSA) is 146 Å². The van der Waals surface area contributed by atoms with Crippen molar-refractivity contribution < 1.29 is 41.7 Å². The lowest BCUT2D eigenvalue weighted by atomic mass is 10.0. The van der Waals surface area contributed by atoms with Gasteiger partial charge in [0.05, 0.1) is 25.5 Å². The molecule has 1 amide bonds. The highest BCUT2D eigenvalue weighted by Gasteiger charge is 2.41. The fourth-order valence-corrected chi connectivity index (χ4v) is 4.08. The lowest BCUT2D eigenvalue weighted by Gasteiger charge is -2.23. The molecule has 14 heteroatoms. The molecular formula is C32H30F3N5O6. The Morgan fingerprint density at radius 3 is 2.09 bits per heavy atom. The number of rotatable bonds is 13. The third-order valence-electron chi connectivity index (χ3n) is 6.34. The first-order valence-corrected chi connectivity index (χ1v) is 13.6. The highest BCUT2D eigenvalue weighted by Crippen LogP contribution is 2.38. The molecule has 0 spiro atoms. The van der Waals surface area contributed by atoms with Crippen molar-refractivity contribution in [2.45, 2.75) is 18.8 Å². The zero-order valence-corrected chi connectivity index (χ0v) is 24.6. The van der Waals surface area contributed by atoms with Crippen molar-refractivity contribution in [1.29, 1.82) is 0 Å². The van der Waals surface area contributed by atoms with Crippen molar-refractivity contribution in [3.63, 3.8) is 0 Å². The van der Waals surface area contributed by atoms with Crippen LogP contribution in [0.2, 0.25) is 0 Å². The van der Waals surface area contributed by atoms with Gasteiger partial charge in [0.1, 0.15) is 18.1 Å². The minimum Gasteiger partial charge on any atom is -0.493 e. The number of esters is 1. The fourth-order valence-electron chi connectivity index (χ4n) is 4.08. The second kappa shape index (κ2) is 15.2. The summed E-state index contributed by atoms with van der Waals surface area (Å²) in [7, 11) is 2.86. The van der Waals surface area contributed by atoms with Gasteiger partial charge >= 0.3 is 12.1 Å². The third-order valence-corrected chi connectivity index (χ3v) is 6.34. The predicted molar refractivity (Wildman–Crippen MR) is 163 cm³/mol. The Bertz CT molecular complexity index is 1670. The van der Waals surface area contributed by atoms with E-state index in [-0.39, 0.29) is 35.1 Å². The lowest BCUT2D eigenvalue weighted by molar-refractivity contribution is -0.189. The van der Waals surface area contributed by atoms with Crippen LogP contribution in [0.4, 0.5) is 18.9 Å². The van der Waals surface area contributed by atoms with Crippen LogP contribution < -0.4 is 41.0 Å². The molecule has 0 saturated carbocycles. The number of amidine groups is 1. The largest absolute Gasteiger partial charge is 0.493 e. The van der Waals surface area contributed by atoms with Crippen LogP contribution in [0, 0.1) is 0 Å². The number of nitrogens with one attached hydrogen (secondary N) is 3. The van der Waals surface area contributed by atoms with E-state index in [1.54, 1.807) is 36.4 Å². The Labute approximate surface area is 262 Å². The minimum absolute atomic E-state index is 0.128. The van der Waals surface area contributed by atoms with Gasteiger partial charge in [0.15, 0.2) is 23.4 Å². The third kappa shape index (κ3) is 8.59. The molecule has 5 N–H and O–H groups in total. The van der Waals surface area contributed by atoms with Crippen LogP contribution in [0.3, 0.4) is 0 Å². The summed E-state index contributed by atoms with van der Waals surface area (Å²) in [5.74, 6) is -3.16. The van der Waals surface area contributed by atoms with E-state index in [1.807, 2.05) is 30.3 Å². The lowest BCUT2D eigenvalue weighted by Crippen LogP contribution is -2.39. The maximum absolute atomic E-state index is 13.7. The molecule has 1 unspecified atom stereocenters. The van der Waals surface area contributed by atoms with Crippen molar-refractivity contribution >= 4 is 23.4 Å². The van der Waals surface area contributed by atoms with Crippen LogP contribution in [-0.2, 0) is 16.2 Å². The van der Waals surface area contributed by atoms with E-state index in [9.17, 15) is 22.8 Å². The first-order chi connectivity index (χ1) is 22.1. The van der Waals surface area contributed by atoms with E-state index in [1.165, 1.54) is 38.5 Å². The summed E-state index contributed by atoms with van der Waals surface area (Å²) in [5, 5.41) is 4.09. The molecule has 4 aromatic rings. The predicted octanol–water partition coefficient (Wildman–Crippen LogP) is 4.85. The molecule has 4 rings (SSSR count). The molecule has 0 radical (unpaired) electrons. The summed E-state index contributed by atoms with van der Waals surface area (Å²) in [4.78, 5) is 25.2. The first kappa shape index (κ1) is 33.0. The average molecular weight is 638 g/mol. The number of halogens is 3. The van der Waals surface area contributed by atoms with E-state index in [4.69, 9.17) is 19.9 Å². The van der Waals surface area contributed by atoms with Gasteiger partial charge in [-0.3, -0.25) is 21.1 Å². The highest BCUT2D eigenvalue weighted by atomic mass is 19.4. The Hall–Kier alpha value is -5.92. The maximum Gasteiger partial charge on any atom is 0.491 e. The first-order valence-electron chi connectivity index (χ1n) is 13.6. The molecule has 240 valence electrons. The van der Waals surface area contributed by atoms with Crippen LogP contribution in [0.1, 0.15) is 22.7 Å². The molecule has 0 aliphatic heterocycles. The van der Waals surface area contributed by atoms with E-state index >= 15 is 0 Å². The molecule has 46 heavy (non-hydrogen) atoms. The van der Waals surface area contributed by atoms with Crippen LogP contribution in [0.25, 0.3) is 0 Å². The molecule has 0 aliphatic carbocycles. The maximum atomic E-state index is 13.7. The van der Waals surface area contributed by atoms with E-state index in [0.29, 0.717) is 11.4 Å².